The number of nitrogens with zero attached hydrogens (tertiary/aromatic N) is 1. The number of halogens is 1. The van der Waals surface area contributed by atoms with E-state index >= 15 is 0 Å². The van der Waals surface area contributed by atoms with E-state index in [0.29, 0.717) is 23.7 Å². The molecule has 2 aromatic carbocycles. The summed E-state index contributed by atoms with van der Waals surface area (Å²) in [4.78, 5) is 0. The number of rotatable bonds is 6. The van der Waals surface area contributed by atoms with Crippen LogP contribution in [0.3, 0.4) is 0 Å². The van der Waals surface area contributed by atoms with Crippen LogP contribution < -0.4 is 5.32 Å². The van der Waals surface area contributed by atoms with E-state index in [4.69, 9.17) is 5.26 Å². The molecule has 1 N–H and O–H groups in total. The number of nitrogens with one attached hydrogen (secondary N) is 1. The molecule has 5 heteroatoms. The first kappa shape index (κ1) is 15.2. The minimum atomic E-state index is -0.977. The number of hydrogen-bond donors (Lipinski definition) is 1. The molecule has 0 radical (unpaired) electrons. The lowest BCUT2D eigenvalue weighted by Crippen LogP contribution is -2.13. The van der Waals surface area contributed by atoms with E-state index in [1.54, 1.807) is 0 Å². The Morgan fingerprint density at radius 1 is 1.19 bits per heavy atom. The van der Waals surface area contributed by atoms with Crippen molar-refractivity contribution in [2.45, 2.75) is 5.75 Å². The predicted molar refractivity (Wildman–Crippen MR) is 82.8 cm³/mol. The van der Waals surface area contributed by atoms with Gasteiger partial charge >= 0.3 is 0 Å². The molecule has 1 unspecified atom stereocenters. The molecule has 1 atom stereocenters. The van der Waals surface area contributed by atoms with Crippen molar-refractivity contribution >= 4 is 16.5 Å². The van der Waals surface area contributed by atoms with Crippen LogP contribution in [0.2, 0.25) is 0 Å². The second-order valence-electron chi connectivity index (χ2n) is 4.50. The average molecular weight is 302 g/mol. The van der Waals surface area contributed by atoms with Gasteiger partial charge in [-0.2, -0.15) is 5.26 Å². The van der Waals surface area contributed by atoms with Crippen LogP contribution in [0.25, 0.3) is 0 Å². The van der Waals surface area contributed by atoms with Gasteiger partial charge in [-0.1, -0.05) is 30.3 Å². The fraction of sp³-hybridized carbons (Fsp3) is 0.188. The Morgan fingerprint density at radius 2 is 1.95 bits per heavy atom. The topological polar surface area (TPSA) is 52.9 Å². The zero-order valence-electron chi connectivity index (χ0n) is 11.4. The van der Waals surface area contributed by atoms with Crippen molar-refractivity contribution < 1.29 is 8.60 Å². The molecule has 108 valence electrons. The van der Waals surface area contributed by atoms with Crippen molar-refractivity contribution in [3.05, 3.63) is 65.5 Å². The average Bonchev–Trinajstić information content (AvgIpc) is 2.49. The molecule has 0 fully saturated rings. The van der Waals surface area contributed by atoms with Gasteiger partial charge in [-0.25, -0.2) is 4.39 Å². The van der Waals surface area contributed by atoms with Crippen LogP contribution in [0.1, 0.15) is 11.1 Å². The largest absolute Gasteiger partial charge is 0.383 e. The van der Waals surface area contributed by atoms with Crippen molar-refractivity contribution in [1.82, 2.24) is 0 Å². The van der Waals surface area contributed by atoms with Crippen LogP contribution in [-0.2, 0) is 16.6 Å². The van der Waals surface area contributed by atoms with Crippen LogP contribution in [0.15, 0.2) is 48.5 Å². The Balaban J connectivity index is 1.85. The maximum Gasteiger partial charge on any atom is 0.124 e. The van der Waals surface area contributed by atoms with Gasteiger partial charge in [0.2, 0.25) is 0 Å². The van der Waals surface area contributed by atoms with Gasteiger partial charge in [-0.15, -0.1) is 0 Å². The summed E-state index contributed by atoms with van der Waals surface area (Å²) in [5.74, 6) is 0.540. The van der Waals surface area contributed by atoms with E-state index in [9.17, 15) is 8.60 Å². The highest BCUT2D eigenvalue weighted by Gasteiger charge is 2.05. The Hall–Kier alpha value is -2.19. The molecule has 0 amide bonds. The zero-order valence-corrected chi connectivity index (χ0v) is 12.2. The highest BCUT2D eigenvalue weighted by atomic mass is 32.2. The monoisotopic (exact) mass is 302 g/mol. The molecule has 0 aliphatic heterocycles. The van der Waals surface area contributed by atoms with E-state index in [2.05, 4.69) is 5.32 Å². The van der Waals surface area contributed by atoms with Gasteiger partial charge in [0.1, 0.15) is 11.9 Å². The van der Waals surface area contributed by atoms with Gasteiger partial charge in [0.15, 0.2) is 0 Å². The number of hydrogen-bond acceptors (Lipinski definition) is 3. The fourth-order valence-electron chi connectivity index (χ4n) is 1.89. The van der Waals surface area contributed by atoms with Crippen molar-refractivity contribution in [3.63, 3.8) is 0 Å². The van der Waals surface area contributed by atoms with Crippen molar-refractivity contribution in [2.24, 2.45) is 0 Å². The van der Waals surface area contributed by atoms with Gasteiger partial charge in [0.25, 0.3) is 0 Å². The Morgan fingerprint density at radius 3 is 2.67 bits per heavy atom. The quantitative estimate of drug-likeness (QED) is 0.892. The zero-order chi connectivity index (χ0) is 15.1. The molecule has 0 saturated carbocycles. The minimum Gasteiger partial charge on any atom is -0.383 e. The van der Waals surface area contributed by atoms with E-state index in [1.165, 1.54) is 18.2 Å². The molecule has 21 heavy (non-hydrogen) atoms. The minimum absolute atomic E-state index is 0.254. The number of nitriles is 1. The summed E-state index contributed by atoms with van der Waals surface area (Å²) in [6.45, 7) is 0.472. The van der Waals surface area contributed by atoms with E-state index in [1.807, 2.05) is 36.4 Å². The number of benzene rings is 2. The molecular weight excluding hydrogens is 287 g/mol. The SMILES string of the molecule is N#Cc1cc(F)ccc1NCCS(=O)Cc1ccccc1. The summed E-state index contributed by atoms with van der Waals surface area (Å²) in [6.07, 6.45) is 0. The molecule has 0 heterocycles. The van der Waals surface area contributed by atoms with Crippen LogP contribution in [0.4, 0.5) is 10.1 Å². The lowest BCUT2D eigenvalue weighted by molar-refractivity contribution is 0.627. The third-order valence-electron chi connectivity index (χ3n) is 2.92. The highest BCUT2D eigenvalue weighted by Crippen LogP contribution is 2.15. The normalized spacial score (nSPS) is 11.6. The Kier molecular flexibility index (Phi) is 5.47. The summed E-state index contributed by atoms with van der Waals surface area (Å²) in [5, 5.41) is 12.0. The second kappa shape index (κ2) is 7.55. The predicted octanol–water partition coefficient (Wildman–Crippen LogP) is 3.06. The first-order chi connectivity index (χ1) is 10.2. The van der Waals surface area contributed by atoms with Crippen molar-refractivity contribution in [1.29, 1.82) is 5.26 Å². The second-order valence-corrected chi connectivity index (χ2v) is 6.08. The van der Waals surface area contributed by atoms with Crippen LogP contribution in [0.5, 0.6) is 0 Å². The third-order valence-corrected chi connectivity index (χ3v) is 4.23. The van der Waals surface area contributed by atoms with E-state index < -0.39 is 16.6 Å². The fourth-order valence-corrected chi connectivity index (χ4v) is 2.93. The maximum absolute atomic E-state index is 13.0. The molecule has 2 rings (SSSR count). The summed E-state index contributed by atoms with van der Waals surface area (Å²) in [5.41, 5.74) is 1.86. The molecule has 3 nitrogen and oxygen atoms in total. The molecule has 0 spiro atoms. The van der Waals surface area contributed by atoms with Crippen molar-refractivity contribution in [2.75, 3.05) is 17.6 Å². The van der Waals surface area contributed by atoms with Gasteiger partial charge < -0.3 is 5.32 Å². The van der Waals surface area contributed by atoms with Crippen LogP contribution in [0, 0.1) is 17.1 Å². The number of anilines is 1. The smallest absolute Gasteiger partial charge is 0.124 e. The van der Waals surface area contributed by atoms with E-state index in [-0.39, 0.29) is 5.56 Å². The summed E-state index contributed by atoms with van der Waals surface area (Å²) in [7, 11) is -0.977. The lowest BCUT2D eigenvalue weighted by atomic mass is 10.2. The summed E-state index contributed by atoms with van der Waals surface area (Å²) in [6, 6.07) is 15.6. The molecule has 0 aliphatic carbocycles. The molecule has 0 aromatic heterocycles. The Bertz CT molecular complexity index is 668. The molecular formula is C16H15FN2OS. The molecule has 0 aliphatic rings. The van der Waals surface area contributed by atoms with E-state index in [0.717, 1.165) is 5.56 Å². The van der Waals surface area contributed by atoms with Gasteiger partial charge in [-0.3, -0.25) is 4.21 Å². The van der Waals surface area contributed by atoms with Gasteiger partial charge in [-0.05, 0) is 23.8 Å². The lowest BCUT2D eigenvalue weighted by Gasteiger charge is -2.08. The maximum atomic E-state index is 13.0. The first-order valence-corrected chi connectivity index (χ1v) is 8.00. The van der Waals surface area contributed by atoms with Crippen LogP contribution in [-0.4, -0.2) is 16.5 Å². The molecule has 2 aromatic rings. The summed E-state index contributed by atoms with van der Waals surface area (Å²) < 4.78 is 25.0. The molecule has 0 saturated heterocycles. The van der Waals surface area contributed by atoms with Crippen LogP contribution >= 0.6 is 0 Å². The van der Waals surface area contributed by atoms with Crippen molar-refractivity contribution in [3.8, 4) is 6.07 Å². The van der Waals surface area contributed by atoms with Gasteiger partial charge in [0.05, 0.1) is 11.3 Å². The first-order valence-electron chi connectivity index (χ1n) is 6.51. The standard InChI is InChI=1S/C16H15FN2OS/c17-15-6-7-16(14(10-15)11-18)19-8-9-21(20)12-13-4-2-1-3-5-13/h1-7,10,19H,8-9,12H2. The molecule has 0 bridgehead atoms. The Labute approximate surface area is 125 Å². The highest BCUT2D eigenvalue weighted by molar-refractivity contribution is 7.84. The summed E-state index contributed by atoms with van der Waals surface area (Å²) >= 11 is 0. The third kappa shape index (κ3) is 4.69. The van der Waals surface area contributed by atoms with Gasteiger partial charge in [0, 0.05) is 28.9 Å².